The molecule has 3 aliphatic heterocycles. The van der Waals surface area contributed by atoms with E-state index in [1.807, 2.05) is 39.5 Å². The van der Waals surface area contributed by atoms with E-state index in [-0.39, 0.29) is 35.9 Å². The predicted octanol–water partition coefficient (Wildman–Crippen LogP) is 5.60. The van der Waals surface area contributed by atoms with Gasteiger partial charge in [-0.3, -0.25) is 4.79 Å². The first kappa shape index (κ1) is 26.8. The van der Waals surface area contributed by atoms with Crippen LogP contribution in [0, 0.1) is 19.7 Å². The number of benzene rings is 1. The molecule has 1 aromatic carbocycles. The average Bonchev–Trinajstić information content (AvgIpc) is 3.51. The maximum absolute atomic E-state index is 14.4. The monoisotopic (exact) mass is 569 g/mol. The Morgan fingerprint density at radius 2 is 1.80 bits per heavy atom. The fourth-order valence-corrected chi connectivity index (χ4v) is 6.34. The highest BCUT2D eigenvalue weighted by Crippen LogP contribution is 2.39. The Morgan fingerprint density at radius 3 is 2.48 bits per heavy atom. The first-order valence-electron chi connectivity index (χ1n) is 13.7. The summed E-state index contributed by atoms with van der Waals surface area (Å²) in [4.78, 5) is 34.7. The Labute approximate surface area is 237 Å². The summed E-state index contributed by atoms with van der Waals surface area (Å²) in [6.07, 6.45) is 2.38. The van der Waals surface area contributed by atoms with Crippen LogP contribution in [0.3, 0.4) is 0 Å². The molecule has 212 valence electrons. The van der Waals surface area contributed by atoms with E-state index in [2.05, 4.69) is 10.1 Å². The number of hydrogen-bond donors (Lipinski definition) is 0. The number of fused-ring (bicyclic) bond motifs is 5. The van der Waals surface area contributed by atoms with Crippen LogP contribution >= 0.6 is 11.6 Å². The van der Waals surface area contributed by atoms with Gasteiger partial charge in [0.15, 0.2) is 5.65 Å². The highest BCUT2D eigenvalue weighted by molar-refractivity contribution is 6.31. The Kier molecular flexibility index (Phi) is 6.44. The molecule has 2 saturated heterocycles. The Bertz CT molecular complexity index is 1520. The molecule has 2 aromatic heterocycles. The zero-order valence-electron chi connectivity index (χ0n) is 23.3. The van der Waals surface area contributed by atoms with Gasteiger partial charge in [0.2, 0.25) is 0 Å². The standard InChI is InChI=1S/C29H33ClFN5O4/c1-15-25(30)16(2)36-26(32-15)22-13-34(14-23(22)33-36)27(37)21-9-6-17(31)10-24(21)39-20-11-18-7-8-19(12-20)35(18)28(38)40-29(3,4)5/h6,9-10,18-20H,7-8,11-14H2,1-5H3/t18-,19+,20?. The second-order valence-electron chi connectivity index (χ2n) is 12.0. The predicted molar refractivity (Wildman–Crippen MR) is 146 cm³/mol. The van der Waals surface area contributed by atoms with E-state index in [1.165, 1.54) is 18.2 Å². The van der Waals surface area contributed by atoms with Crippen LogP contribution in [0.5, 0.6) is 5.75 Å². The number of halogens is 2. The molecule has 3 aliphatic rings. The summed E-state index contributed by atoms with van der Waals surface area (Å²) in [6, 6.07) is 4.01. The quantitative estimate of drug-likeness (QED) is 0.408. The lowest BCUT2D eigenvalue weighted by Gasteiger charge is -2.39. The molecule has 0 spiro atoms. The third-order valence-corrected chi connectivity index (χ3v) is 8.55. The first-order chi connectivity index (χ1) is 18.9. The van der Waals surface area contributed by atoms with E-state index in [0.717, 1.165) is 29.8 Å². The molecule has 3 atom stereocenters. The van der Waals surface area contributed by atoms with Gasteiger partial charge in [-0.25, -0.2) is 18.7 Å². The minimum atomic E-state index is -0.569. The molecule has 1 unspecified atom stereocenters. The first-order valence-corrected chi connectivity index (χ1v) is 14.1. The maximum atomic E-state index is 14.4. The normalized spacial score (nSPS) is 22.1. The van der Waals surface area contributed by atoms with E-state index in [0.29, 0.717) is 47.9 Å². The van der Waals surface area contributed by atoms with Crippen molar-refractivity contribution < 1.29 is 23.5 Å². The van der Waals surface area contributed by atoms with Crippen molar-refractivity contribution in [1.29, 1.82) is 0 Å². The van der Waals surface area contributed by atoms with E-state index in [4.69, 9.17) is 21.1 Å². The number of hydrogen-bond acceptors (Lipinski definition) is 6. The van der Waals surface area contributed by atoms with Crippen LogP contribution in [-0.2, 0) is 17.8 Å². The van der Waals surface area contributed by atoms with Crippen molar-refractivity contribution in [3.8, 4) is 5.75 Å². The van der Waals surface area contributed by atoms with Crippen LogP contribution in [0.25, 0.3) is 5.65 Å². The summed E-state index contributed by atoms with van der Waals surface area (Å²) in [5.41, 5.74) is 3.58. The van der Waals surface area contributed by atoms with Crippen molar-refractivity contribution in [2.75, 3.05) is 0 Å². The van der Waals surface area contributed by atoms with Crippen molar-refractivity contribution >= 4 is 29.2 Å². The number of aromatic nitrogens is 3. The topological polar surface area (TPSA) is 89.3 Å². The Balaban J connectivity index is 1.20. The average molecular weight is 570 g/mol. The van der Waals surface area contributed by atoms with E-state index in [9.17, 15) is 14.0 Å². The Hall–Kier alpha value is -3.40. The number of nitrogens with zero attached hydrogens (tertiary/aromatic N) is 5. The number of carbonyl (C=O) groups excluding carboxylic acids is 2. The minimum Gasteiger partial charge on any atom is -0.489 e. The van der Waals surface area contributed by atoms with Gasteiger partial charge < -0.3 is 19.3 Å². The van der Waals surface area contributed by atoms with Crippen LogP contribution in [0.1, 0.15) is 79.5 Å². The lowest BCUT2D eigenvalue weighted by molar-refractivity contribution is -0.00717. The molecule has 0 radical (unpaired) electrons. The maximum Gasteiger partial charge on any atom is 0.410 e. The molecule has 11 heteroatoms. The number of amides is 2. The van der Waals surface area contributed by atoms with E-state index < -0.39 is 11.4 Å². The number of aryl methyl sites for hydroxylation is 2. The van der Waals surface area contributed by atoms with Crippen molar-refractivity contribution in [1.82, 2.24) is 24.4 Å². The third kappa shape index (κ3) is 4.66. The molecule has 0 aliphatic carbocycles. The highest BCUT2D eigenvalue weighted by Gasteiger charge is 2.46. The van der Waals surface area contributed by atoms with Crippen LogP contribution < -0.4 is 4.74 Å². The fourth-order valence-electron chi connectivity index (χ4n) is 6.21. The number of ether oxygens (including phenoxy) is 2. The zero-order valence-corrected chi connectivity index (χ0v) is 24.1. The molecule has 3 aromatic rings. The minimum absolute atomic E-state index is 0.0100. The molecule has 0 N–H and O–H groups in total. The lowest BCUT2D eigenvalue weighted by Crippen LogP contribution is -2.50. The van der Waals surface area contributed by atoms with Gasteiger partial charge in [-0.15, -0.1) is 0 Å². The number of carbonyl (C=O) groups is 2. The summed E-state index contributed by atoms with van der Waals surface area (Å²) in [6.45, 7) is 9.95. The van der Waals surface area contributed by atoms with Crippen molar-refractivity contribution in [2.45, 2.75) is 97.2 Å². The molecule has 2 fully saturated rings. The van der Waals surface area contributed by atoms with Gasteiger partial charge in [0.1, 0.15) is 23.3 Å². The summed E-state index contributed by atoms with van der Waals surface area (Å²) >= 11 is 6.36. The van der Waals surface area contributed by atoms with Crippen LogP contribution in [0.4, 0.5) is 9.18 Å². The van der Waals surface area contributed by atoms with E-state index in [1.54, 1.807) is 9.42 Å². The van der Waals surface area contributed by atoms with Crippen LogP contribution in [0.15, 0.2) is 18.2 Å². The summed E-state index contributed by atoms with van der Waals surface area (Å²) in [7, 11) is 0. The van der Waals surface area contributed by atoms with Gasteiger partial charge >= 0.3 is 6.09 Å². The summed E-state index contributed by atoms with van der Waals surface area (Å²) in [5.74, 6) is -0.520. The molecular formula is C29H33ClFN5O4. The fraction of sp³-hybridized carbons (Fsp3) is 0.517. The van der Waals surface area contributed by atoms with Gasteiger partial charge in [-0.05, 0) is 59.6 Å². The SMILES string of the molecule is Cc1nc2c3c(nn2c(C)c1Cl)CN(C(=O)c1ccc(F)cc1OC1C[C@H]2CC[C@@H](C1)N2C(=O)OC(C)(C)C)C3. The van der Waals surface area contributed by atoms with Crippen molar-refractivity contribution in [3.63, 3.8) is 0 Å². The second-order valence-corrected chi connectivity index (χ2v) is 12.4. The molecule has 2 bridgehead atoms. The third-order valence-electron chi connectivity index (χ3n) is 8.00. The summed E-state index contributed by atoms with van der Waals surface area (Å²) in [5, 5.41) is 5.23. The highest BCUT2D eigenvalue weighted by atomic mass is 35.5. The van der Waals surface area contributed by atoms with Gasteiger partial charge in [0.25, 0.3) is 5.91 Å². The number of rotatable bonds is 3. The summed E-state index contributed by atoms with van der Waals surface area (Å²) < 4.78 is 28.1. The molecule has 0 saturated carbocycles. The molecule has 5 heterocycles. The van der Waals surface area contributed by atoms with Gasteiger partial charge in [0.05, 0.1) is 40.8 Å². The molecule has 6 rings (SSSR count). The molecule has 2 amide bonds. The Morgan fingerprint density at radius 1 is 1.10 bits per heavy atom. The van der Waals surface area contributed by atoms with Gasteiger partial charge in [0, 0.05) is 36.6 Å². The van der Waals surface area contributed by atoms with Crippen LogP contribution in [-0.4, -0.2) is 60.2 Å². The second kappa shape index (κ2) is 9.61. The zero-order chi connectivity index (χ0) is 28.5. The lowest BCUT2D eigenvalue weighted by atomic mass is 10.00. The van der Waals surface area contributed by atoms with Gasteiger partial charge in [-0.2, -0.15) is 5.10 Å². The number of piperidine rings is 1. The molecule has 9 nitrogen and oxygen atoms in total. The van der Waals surface area contributed by atoms with Crippen molar-refractivity contribution in [3.05, 3.63) is 57.2 Å². The van der Waals surface area contributed by atoms with Gasteiger partial charge in [-0.1, -0.05) is 11.6 Å². The van der Waals surface area contributed by atoms with E-state index >= 15 is 0 Å². The van der Waals surface area contributed by atoms with Crippen LogP contribution in [0.2, 0.25) is 5.02 Å². The molecular weight excluding hydrogens is 537 g/mol. The smallest absolute Gasteiger partial charge is 0.410 e. The largest absolute Gasteiger partial charge is 0.489 e. The molecule has 40 heavy (non-hydrogen) atoms. The van der Waals surface area contributed by atoms with Crippen molar-refractivity contribution in [2.24, 2.45) is 0 Å².